The van der Waals surface area contributed by atoms with E-state index in [2.05, 4.69) is 27.3 Å². The van der Waals surface area contributed by atoms with Crippen molar-refractivity contribution in [1.82, 2.24) is 5.32 Å². The van der Waals surface area contributed by atoms with Crippen molar-refractivity contribution in [3.8, 4) is 0 Å². The van der Waals surface area contributed by atoms with Crippen LogP contribution >= 0.6 is 27.5 Å². The Balaban J connectivity index is 1.91. The summed E-state index contributed by atoms with van der Waals surface area (Å²) in [7, 11) is 0. The molecule has 1 saturated carbocycles. The lowest BCUT2D eigenvalue weighted by atomic mass is 9.95. The van der Waals surface area contributed by atoms with Crippen LogP contribution in [0.4, 0.5) is 0 Å². The largest absolute Gasteiger partial charge is 0.310 e. The Labute approximate surface area is 111 Å². The summed E-state index contributed by atoms with van der Waals surface area (Å²) in [5.41, 5.74) is 1.25. The Morgan fingerprint density at radius 3 is 2.75 bits per heavy atom. The van der Waals surface area contributed by atoms with E-state index in [9.17, 15) is 0 Å². The Morgan fingerprint density at radius 1 is 1.25 bits per heavy atom. The van der Waals surface area contributed by atoms with Crippen molar-refractivity contribution in [1.29, 1.82) is 0 Å². The predicted octanol–water partition coefficient (Wildman–Crippen LogP) is 4.52. The van der Waals surface area contributed by atoms with Gasteiger partial charge in [0.1, 0.15) is 0 Å². The third-order valence-corrected chi connectivity index (χ3v) is 4.70. The Hall–Kier alpha value is -0.0500. The van der Waals surface area contributed by atoms with E-state index in [1.54, 1.807) is 0 Å². The zero-order valence-corrected chi connectivity index (χ0v) is 11.6. The molecule has 1 aromatic rings. The van der Waals surface area contributed by atoms with Gasteiger partial charge in [-0.2, -0.15) is 0 Å². The van der Waals surface area contributed by atoms with Gasteiger partial charge in [0.2, 0.25) is 0 Å². The number of nitrogens with one attached hydrogen (secondary N) is 1. The molecule has 0 aliphatic heterocycles. The van der Waals surface area contributed by atoms with Gasteiger partial charge in [-0.3, -0.25) is 0 Å². The van der Waals surface area contributed by atoms with Crippen LogP contribution in [0.15, 0.2) is 22.7 Å². The first-order valence-corrected chi connectivity index (χ1v) is 7.11. The molecule has 1 aromatic carbocycles. The predicted molar refractivity (Wildman–Crippen MR) is 72.9 cm³/mol. The van der Waals surface area contributed by atoms with Crippen molar-refractivity contribution < 1.29 is 0 Å². The van der Waals surface area contributed by atoms with Crippen molar-refractivity contribution in [2.24, 2.45) is 0 Å². The summed E-state index contributed by atoms with van der Waals surface area (Å²) in [6.07, 6.45) is 6.78. The maximum Gasteiger partial charge on any atom is 0.0551 e. The quantitative estimate of drug-likeness (QED) is 0.865. The van der Waals surface area contributed by atoms with Crippen molar-refractivity contribution in [2.75, 3.05) is 0 Å². The molecule has 16 heavy (non-hydrogen) atoms. The number of hydrogen-bond donors (Lipinski definition) is 1. The molecule has 1 N–H and O–H groups in total. The third kappa shape index (κ3) is 3.22. The van der Waals surface area contributed by atoms with Gasteiger partial charge in [0.15, 0.2) is 0 Å². The lowest BCUT2D eigenvalue weighted by Crippen LogP contribution is -2.30. The SMILES string of the molecule is Clc1cccc(CNC2CCCCC2)c1Br. The molecule has 88 valence electrons. The topological polar surface area (TPSA) is 12.0 Å². The monoisotopic (exact) mass is 301 g/mol. The highest BCUT2D eigenvalue weighted by Gasteiger charge is 2.13. The van der Waals surface area contributed by atoms with Crippen LogP contribution in [0.25, 0.3) is 0 Å². The van der Waals surface area contributed by atoms with Crippen LogP contribution in [-0.2, 0) is 6.54 Å². The summed E-state index contributed by atoms with van der Waals surface area (Å²) in [6, 6.07) is 6.73. The zero-order valence-electron chi connectivity index (χ0n) is 9.31. The number of halogens is 2. The maximum absolute atomic E-state index is 6.06. The van der Waals surface area contributed by atoms with Crippen LogP contribution in [-0.4, -0.2) is 6.04 Å². The van der Waals surface area contributed by atoms with Crippen LogP contribution < -0.4 is 5.32 Å². The summed E-state index contributed by atoms with van der Waals surface area (Å²) in [4.78, 5) is 0. The normalized spacial score (nSPS) is 17.6. The second-order valence-electron chi connectivity index (χ2n) is 4.43. The van der Waals surface area contributed by atoms with E-state index in [0.717, 1.165) is 16.0 Å². The van der Waals surface area contributed by atoms with Crippen molar-refractivity contribution in [2.45, 2.75) is 44.7 Å². The first-order chi connectivity index (χ1) is 7.77. The van der Waals surface area contributed by atoms with Crippen LogP contribution in [0.1, 0.15) is 37.7 Å². The van der Waals surface area contributed by atoms with Gasteiger partial charge in [0, 0.05) is 17.1 Å². The van der Waals surface area contributed by atoms with Gasteiger partial charge in [-0.15, -0.1) is 0 Å². The Bertz CT molecular complexity index is 348. The van der Waals surface area contributed by atoms with Gasteiger partial charge in [-0.25, -0.2) is 0 Å². The average Bonchev–Trinajstić information content (AvgIpc) is 2.32. The summed E-state index contributed by atoms with van der Waals surface area (Å²) in [5.74, 6) is 0. The van der Waals surface area contributed by atoms with Crippen molar-refractivity contribution in [3.05, 3.63) is 33.3 Å². The molecule has 0 saturated heterocycles. The Morgan fingerprint density at radius 2 is 2.00 bits per heavy atom. The number of benzene rings is 1. The third-order valence-electron chi connectivity index (χ3n) is 3.22. The molecular formula is C13H17BrClN. The summed E-state index contributed by atoms with van der Waals surface area (Å²) in [5, 5.41) is 4.41. The highest BCUT2D eigenvalue weighted by molar-refractivity contribution is 9.10. The van der Waals surface area contributed by atoms with Gasteiger partial charge < -0.3 is 5.32 Å². The van der Waals surface area contributed by atoms with E-state index < -0.39 is 0 Å². The molecule has 0 spiro atoms. The lowest BCUT2D eigenvalue weighted by molar-refractivity contribution is 0.372. The van der Waals surface area contributed by atoms with Gasteiger partial charge in [-0.1, -0.05) is 43.0 Å². The van der Waals surface area contributed by atoms with Crippen LogP contribution in [0, 0.1) is 0 Å². The molecule has 0 unspecified atom stereocenters. The lowest BCUT2D eigenvalue weighted by Gasteiger charge is -2.23. The molecule has 2 rings (SSSR count). The molecule has 1 aliphatic rings. The van der Waals surface area contributed by atoms with Gasteiger partial charge in [-0.05, 0) is 40.4 Å². The summed E-state index contributed by atoms with van der Waals surface area (Å²) >= 11 is 9.59. The smallest absolute Gasteiger partial charge is 0.0551 e. The summed E-state index contributed by atoms with van der Waals surface area (Å²) < 4.78 is 1.03. The van der Waals surface area contributed by atoms with Crippen molar-refractivity contribution >= 4 is 27.5 Å². The van der Waals surface area contributed by atoms with Crippen LogP contribution in [0.2, 0.25) is 5.02 Å². The number of rotatable bonds is 3. The van der Waals surface area contributed by atoms with Crippen molar-refractivity contribution in [3.63, 3.8) is 0 Å². The highest BCUT2D eigenvalue weighted by atomic mass is 79.9. The molecule has 0 radical (unpaired) electrons. The second kappa shape index (κ2) is 6.04. The molecule has 0 atom stereocenters. The van der Waals surface area contributed by atoms with E-state index in [-0.39, 0.29) is 0 Å². The summed E-state index contributed by atoms with van der Waals surface area (Å²) in [6.45, 7) is 0.909. The van der Waals surface area contributed by atoms with E-state index in [1.165, 1.54) is 37.7 Å². The molecule has 0 aromatic heterocycles. The average molecular weight is 303 g/mol. The minimum atomic E-state index is 0.694. The van der Waals surface area contributed by atoms with E-state index in [4.69, 9.17) is 11.6 Å². The van der Waals surface area contributed by atoms with E-state index in [1.807, 2.05) is 12.1 Å². The first-order valence-electron chi connectivity index (χ1n) is 5.93. The molecule has 1 nitrogen and oxygen atoms in total. The molecule has 0 bridgehead atoms. The van der Waals surface area contributed by atoms with Crippen LogP contribution in [0.5, 0.6) is 0 Å². The van der Waals surface area contributed by atoms with Gasteiger partial charge in [0.25, 0.3) is 0 Å². The molecule has 0 amide bonds. The maximum atomic E-state index is 6.06. The van der Waals surface area contributed by atoms with E-state index in [0.29, 0.717) is 6.04 Å². The van der Waals surface area contributed by atoms with Gasteiger partial charge >= 0.3 is 0 Å². The van der Waals surface area contributed by atoms with Gasteiger partial charge in [0.05, 0.1) is 5.02 Å². The minimum absolute atomic E-state index is 0.694. The molecular weight excluding hydrogens is 286 g/mol. The molecule has 3 heteroatoms. The fraction of sp³-hybridized carbons (Fsp3) is 0.538. The standard InChI is InChI=1S/C13H17BrClN/c14-13-10(5-4-8-12(13)15)9-16-11-6-2-1-3-7-11/h4-5,8,11,16H,1-3,6-7,9H2. The fourth-order valence-electron chi connectivity index (χ4n) is 2.25. The Kier molecular flexibility index (Phi) is 4.68. The zero-order chi connectivity index (χ0) is 11.4. The van der Waals surface area contributed by atoms with Crippen LogP contribution in [0.3, 0.4) is 0 Å². The highest BCUT2D eigenvalue weighted by Crippen LogP contribution is 2.26. The molecule has 1 fully saturated rings. The minimum Gasteiger partial charge on any atom is -0.310 e. The first kappa shape index (κ1) is 12.4. The fourth-order valence-corrected chi connectivity index (χ4v) is 2.84. The number of hydrogen-bond acceptors (Lipinski definition) is 1. The molecule has 0 heterocycles. The molecule has 1 aliphatic carbocycles. The second-order valence-corrected chi connectivity index (χ2v) is 5.63. The van der Waals surface area contributed by atoms with E-state index >= 15 is 0 Å².